The van der Waals surface area contributed by atoms with Crippen molar-refractivity contribution in [3.05, 3.63) is 63.4 Å². The van der Waals surface area contributed by atoms with Gasteiger partial charge in [0, 0.05) is 11.1 Å². The van der Waals surface area contributed by atoms with Crippen molar-refractivity contribution in [1.29, 1.82) is 0 Å². The number of furan rings is 1. The van der Waals surface area contributed by atoms with E-state index in [0.717, 1.165) is 25.4 Å². The van der Waals surface area contributed by atoms with Crippen LogP contribution in [0.5, 0.6) is 5.75 Å². The Balaban J connectivity index is 1.39. The van der Waals surface area contributed by atoms with Gasteiger partial charge in [-0.3, -0.25) is 14.9 Å². The third-order valence-corrected chi connectivity index (χ3v) is 4.75. The van der Waals surface area contributed by atoms with Crippen molar-refractivity contribution in [2.75, 3.05) is 39.3 Å². The predicted octanol–water partition coefficient (Wildman–Crippen LogP) is 1.66. The van der Waals surface area contributed by atoms with E-state index >= 15 is 0 Å². The van der Waals surface area contributed by atoms with Crippen LogP contribution in [0.4, 0.5) is 5.88 Å². The zero-order valence-electron chi connectivity index (χ0n) is 15.2. The topological polar surface area (TPSA) is 90.3 Å². The Morgan fingerprint density at radius 2 is 1.96 bits per heavy atom. The molecule has 0 aliphatic carbocycles. The summed E-state index contributed by atoms with van der Waals surface area (Å²) in [6.07, 6.45) is 2.84. The molecule has 0 radical (unpaired) electrons. The second-order valence-electron chi connectivity index (χ2n) is 6.39. The van der Waals surface area contributed by atoms with Crippen molar-refractivity contribution < 1.29 is 23.8 Å². The van der Waals surface area contributed by atoms with E-state index in [4.69, 9.17) is 20.8 Å². The van der Waals surface area contributed by atoms with Crippen molar-refractivity contribution in [3.8, 4) is 5.75 Å². The number of amides is 1. The summed E-state index contributed by atoms with van der Waals surface area (Å²) < 4.78 is 10.7. The minimum Gasteiger partial charge on any atom is -0.488 e. The molecule has 3 rings (SSSR count). The fourth-order valence-electron chi connectivity index (χ4n) is 2.93. The summed E-state index contributed by atoms with van der Waals surface area (Å²) in [5, 5.41) is 11.3. The van der Waals surface area contributed by atoms with Crippen molar-refractivity contribution in [1.82, 2.24) is 4.90 Å². The molecule has 0 spiro atoms. The normalized spacial score (nSPS) is 15.1. The Hall–Kier alpha value is -2.84. The van der Waals surface area contributed by atoms with Gasteiger partial charge in [0.2, 0.25) is 5.91 Å². The van der Waals surface area contributed by atoms with E-state index in [2.05, 4.69) is 0 Å². The smallest absolute Gasteiger partial charge is 0.433 e. The van der Waals surface area contributed by atoms with E-state index in [1.165, 1.54) is 29.2 Å². The Morgan fingerprint density at radius 1 is 1.25 bits per heavy atom. The van der Waals surface area contributed by atoms with Gasteiger partial charge in [0.05, 0.1) is 32.2 Å². The summed E-state index contributed by atoms with van der Waals surface area (Å²) in [5.41, 5.74) is 0. The SMILES string of the molecule is O=C(/C=C/c1ccc([N+](=O)[O-])o1)N1CC[NH+](CCOc2ccc(Cl)cc2)CC1. The highest BCUT2D eigenvalue weighted by molar-refractivity contribution is 6.30. The standard InChI is InChI=1S/C19H20ClN3O5/c20-15-1-3-16(4-2-15)27-14-13-21-9-11-22(12-10-21)18(24)7-5-17-6-8-19(28-17)23(25)26/h1-8H,9-14H2/p+1/b7-5+. The fourth-order valence-corrected chi connectivity index (χ4v) is 3.05. The first-order valence-corrected chi connectivity index (χ1v) is 9.32. The summed E-state index contributed by atoms with van der Waals surface area (Å²) in [6.45, 7) is 4.44. The number of hydrogen-bond acceptors (Lipinski definition) is 5. The monoisotopic (exact) mass is 406 g/mol. The highest BCUT2D eigenvalue weighted by atomic mass is 35.5. The maximum Gasteiger partial charge on any atom is 0.433 e. The van der Waals surface area contributed by atoms with Gasteiger partial charge in [0.1, 0.15) is 29.6 Å². The van der Waals surface area contributed by atoms with E-state index < -0.39 is 4.92 Å². The van der Waals surface area contributed by atoms with Crippen molar-refractivity contribution in [3.63, 3.8) is 0 Å². The molecule has 1 N–H and O–H groups in total. The lowest BCUT2D eigenvalue weighted by Crippen LogP contribution is -3.15. The maximum absolute atomic E-state index is 12.3. The summed E-state index contributed by atoms with van der Waals surface area (Å²) in [4.78, 5) is 25.4. The minimum absolute atomic E-state index is 0.129. The van der Waals surface area contributed by atoms with Crippen molar-refractivity contribution in [2.24, 2.45) is 0 Å². The van der Waals surface area contributed by atoms with Gasteiger partial charge in [-0.1, -0.05) is 11.6 Å². The van der Waals surface area contributed by atoms with Crippen molar-refractivity contribution >= 4 is 29.5 Å². The molecule has 0 bridgehead atoms. The van der Waals surface area contributed by atoms with Crippen LogP contribution in [0.1, 0.15) is 5.76 Å². The molecule has 0 saturated carbocycles. The van der Waals surface area contributed by atoms with E-state index in [1.807, 2.05) is 12.1 Å². The number of ether oxygens (including phenoxy) is 1. The van der Waals surface area contributed by atoms with E-state index in [1.54, 1.807) is 17.0 Å². The van der Waals surface area contributed by atoms with Crippen LogP contribution < -0.4 is 9.64 Å². The Kier molecular flexibility index (Phi) is 6.67. The highest BCUT2D eigenvalue weighted by Crippen LogP contribution is 2.17. The number of hydrogen-bond donors (Lipinski definition) is 1. The molecule has 0 unspecified atom stereocenters. The van der Waals surface area contributed by atoms with Gasteiger partial charge in [-0.25, -0.2) is 0 Å². The first kappa shape index (κ1) is 19.9. The van der Waals surface area contributed by atoms with Gasteiger partial charge in [0.25, 0.3) is 0 Å². The van der Waals surface area contributed by atoms with Gasteiger partial charge in [0.15, 0.2) is 0 Å². The molecule has 1 aliphatic rings. The molecule has 1 aromatic carbocycles. The lowest BCUT2D eigenvalue weighted by Gasteiger charge is -2.31. The second-order valence-corrected chi connectivity index (χ2v) is 6.83. The minimum atomic E-state index is -0.613. The highest BCUT2D eigenvalue weighted by Gasteiger charge is 2.22. The third-order valence-electron chi connectivity index (χ3n) is 4.50. The molecule has 148 valence electrons. The molecular weight excluding hydrogens is 386 g/mol. The van der Waals surface area contributed by atoms with Gasteiger partial charge in [-0.15, -0.1) is 0 Å². The molecule has 8 nitrogen and oxygen atoms in total. The van der Waals surface area contributed by atoms with Crippen LogP contribution >= 0.6 is 11.6 Å². The van der Waals surface area contributed by atoms with Gasteiger partial charge < -0.3 is 19.0 Å². The number of nitrogens with zero attached hydrogens (tertiary/aromatic N) is 2. The Labute approximate surface area is 167 Å². The lowest BCUT2D eigenvalue weighted by atomic mass is 10.3. The second kappa shape index (κ2) is 9.38. The van der Waals surface area contributed by atoms with E-state index in [0.29, 0.717) is 24.7 Å². The van der Waals surface area contributed by atoms with Gasteiger partial charge in [-0.2, -0.15) is 0 Å². The Bertz CT molecular complexity index is 842. The number of rotatable bonds is 7. The van der Waals surface area contributed by atoms with Crippen LogP contribution in [0.15, 0.2) is 46.9 Å². The number of piperazine rings is 1. The molecule has 28 heavy (non-hydrogen) atoms. The van der Waals surface area contributed by atoms with Crippen LogP contribution in [-0.4, -0.2) is 55.1 Å². The number of carbonyl (C=O) groups excluding carboxylic acids is 1. The largest absolute Gasteiger partial charge is 0.488 e. The summed E-state index contributed by atoms with van der Waals surface area (Å²) in [6, 6.07) is 10.00. The number of carbonyl (C=O) groups is 1. The summed E-state index contributed by atoms with van der Waals surface area (Å²) in [7, 11) is 0. The van der Waals surface area contributed by atoms with Crippen LogP contribution in [0, 0.1) is 10.1 Å². The zero-order chi connectivity index (χ0) is 19.9. The Morgan fingerprint density at radius 3 is 2.61 bits per heavy atom. The number of nitrogens with one attached hydrogen (secondary N) is 1. The molecular formula is C19H21ClN3O5+. The van der Waals surface area contributed by atoms with E-state index in [9.17, 15) is 14.9 Å². The fraction of sp³-hybridized carbons (Fsp3) is 0.316. The average molecular weight is 407 g/mol. The average Bonchev–Trinajstić information content (AvgIpc) is 3.18. The molecule has 2 aromatic rings. The molecule has 1 aliphatic heterocycles. The molecule has 0 atom stereocenters. The van der Waals surface area contributed by atoms with Gasteiger partial charge in [-0.05, 0) is 36.4 Å². The van der Waals surface area contributed by atoms with Crippen LogP contribution in [0.25, 0.3) is 6.08 Å². The molecule has 9 heteroatoms. The van der Waals surface area contributed by atoms with Crippen LogP contribution in [-0.2, 0) is 4.79 Å². The van der Waals surface area contributed by atoms with Crippen LogP contribution in [0.2, 0.25) is 5.02 Å². The number of quaternary nitrogens is 1. The molecule has 1 aromatic heterocycles. The summed E-state index contributed by atoms with van der Waals surface area (Å²) >= 11 is 5.85. The number of nitro groups is 1. The van der Waals surface area contributed by atoms with Crippen LogP contribution in [0.3, 0.4) is 0 Å². The number of benzene rings is 1. The van der Waals surface area contributed by atoms with E-state index in [-0.39, 0.29) is 17.6 Å². The molecule has 2 heterocycles. The molecule has 1 saturated heterocycles. The maximum atomic E-state index is 12.3. The summed E-state index contributed by atoms with van der Waals surface area (Å²) in [5.74, 6) is 0.602. The zero-order valence-corrected chi connectivity index (χ0v) is 15.9. The predicted molar refractivity (Wildman–Crippen MR) is 103 cm³/mol. The molecule has 1 fully saturated rings. The molecule has 1 amide bonds. The van der Waals surface area contributed by atoms with Crippen molar-refractivity contribution in [2.45, 2.75) is 0 Å². The third kappa shape index (κ3) is 5.58. The number of halogens is 1. The first-order valence-electron chi connectivity index (χ1n) is 8.94. The lowest BCUT2D eigenvalue weighted by molar-refractivity contribution is -0.904. The van der Waals surface area contributed by atoms with Gasteiger partial charge >= 0.3 is 5.88 Å². The first-order chi connectivity index (χ1) is 13.5. The quantitative estimate of drug-likeness (QED) is 0.429.